The summed E-state index contributed by atoms with van der Waals surface area (Å²) < 4.78 is 4.73. The molecule has 1 amide bonds. The SMILES string of the molecule is COC(=O)c1ccnc(-c2cc(C(=O)Nc3ccc([C@H]4C[C@@H]4N)cc3)ccn2)c1. The van der Waals surface area contributed by atoms with Crippen LogP contribution < -0.4 is 11.1 Å². The van der Waals surface area contributed by atoms with Gasteiger partial charge in [0.05, 0.1) is 24.1 Å². The van der Waals surface area contributed by atoms with Crippen LogP contribution in [-0.4, -0.2) is 35.0 Å². The summed E-state index contributed by atoms with van der Waals surface area (Å²) in [5.74, 6) is -0.289. The summed E-state index contributed by atoms with van der Waals surface area (Å²) in [4.78, 5) is 32.9. The molecule has 2 aromatic heterocycles. The van der Waals surface area contributed by atoms with Gasteiger partial charge in [0, 0.05) is 35.6 Å². The van der Waals surface area contributed by atoms with E-state index < -0.39 is 5.97 Å². The first-order valence-electron chi connectivity index (χ1n) is 9.23. The van der Waals surface area contributed by atoms with Crippen LogP contribution in [-0.2, 0) is 4.74 Å². The highest BCUT2D eigenvalue weighted by molar-refractivity contribution is 6.04. The second-order valence-electron chi connectivity index (χ2n) is 6.93. The van der Waals surface area contributed by atoms with Crippen molar-refractivity contribution in [3.8, 4) is 11.4 Å². The molecule has 1 fully saturated rings. The first kappa shape index (κ1) is 18.8. The van der Waals surface area contributed by atoms with Crippen LogP contribution >= 0.6 is 0 Å². The van der Waals surface area contributed by atoms with Crippen molar-refractivity contribution < 1.29 is 14.3 Å². The van der Waals surface area contributed by atoms with Gasteiger partial charge in [-0.05, 0) is 48.4 Å². The zero-order valence-electron chi connectivity index (χ0n) is 15.8. The van der Waals surface area contributed by atoms with E-state index in [2.05, 4.69) is 15.3 Å². The lowest BCUT2D eigenvalue weighted by atomic mass is 10.1. The number of nitrogens with one attached hydrogen (secondary N) is 1. The molecule has 0 unspecified atom stereocenters. The van der Waals surface area contributed by atoms with Crippen LogP contribution in [0.3, 0.4) is 0 Å². The summed E-state index contributed by atoms with van der Waals surface area (Å²) >= 11 is 0. The average Bonchev–Trinajstić information content (AvgIpc) is 3.50. The van der Waals surface area contributed by atoms with Crippen molar-refractivity contribution in [2.45, 2.75) is 18.4 Å². The number of anilines is 1. The number of amides is 1. The molecule has 1 aromatic carbocycles. The molecule has 3 aromatic rings. The topological polar surface area (TPSA) is 107 Å². The van der Waals surface area contributed by atoms with Gasteiger partial charge in [0.15, 0.2) is 0 Å². The van der Waals surface area contributed by atoms with Crippen molar-refractivity contribution >= 4 is 17.6 Å². The summed E-state index contributed by atoms with van der Waals surface area (Å²) in [5, 5.41) is 2.88. The Bertz CT molecular complexity index is 1070. The van der Waals surface area contributed by atoms with E-state index in [1.165, 1.54) is 25.1 Å². The molecule has 2 atom stereocenters. The van der Waals surface area contributed by atoms with Gasteiger partial charge in [0.1, 0.15) is 0 Å². The van der Waals surface area contributed by atoms with Gasteiger partial charge in [-0.1, -0.05) is 12.1 Å². The second kappa shape index (κ2) is 7.81. The minimum Gasteiger partial charge on any atom is -0.465 e. The zero-order chi connectivity index (χ0) is 20.4. The molecule has 0 spiro atoms. The van der Waals surface area contributed by atoms with Gasteiger partial charge < -0.3 is 15.8 Å². The Hall–Kier alpha value is -3.58. The van der Waals surface area contributed by atoms with E-state index in [1.54, 1.807) is 24.3 Å². The second-order valence-corrected chi connectivity index (χ2v) is 6.93. The molecule has 4 rings (SSSR count). The summed E-state index contributed by atoms with van der Waals surface area (Å²) in [5.41, 5.74) is 9.55. The quantitative estimate of drug-likeness (QED) is 0.651. The Morgan fingerprint density at radius 1 is 1.00 bits per heavy atom. The van der Waals surface area contributed by atoms with Crippen molar-refractivity contribution in [3.05, 3.63) is 77.6 Å². The fourth-order valence-electron chi connectivity index (χ4n) is 3.14. The van der Waals surface area contributed by atoms with E-state index in [-0.39, 0.29) is 11.9 Å². The standard InChI is InChI=1S/C22H20N4O3/c1-29-22(28)15-7-9-25-20(11-15)19-10-14(6-8-24-19)21(27)26-16-4-2-13(3-5-16)17-12-18(17)23/h2-11,17-18H,12,23H2,1H3,(H,26,27)/t17-,18+/m1/s1. The third-order valence-electron chi connectivity index (χ3n) is 4.90. The van der Waals surface area contributed by atoms with Crippen molar-refractivity contribution in [2.24, 2.45) is 5.73 Å². The fraction of sp³-hybridized carbons (Fsp3) is 0.182. The molecular formula is C22H20N4O3. The van der Waals surface area contributed by atoms with Crippen LogP contribution in [0.15, 0.2) is 60.9 Å². The highest BCUT2D eigenvalue weighted by Gasteiger charge is 2.34. The van der Waals surface area contributed by atoms with E-state index >= 15 is 0 Å². The van der Waals surface area contributed by atoms with Crippen LogP contribution in [0.25, 0.3) is 11.4 Å². The maximum Gasteiger partial charge on any atom is 0.337 e. The molecule has 3 N–H and O–H groups in total. The predicted octanol–water partition coefficient (Wildman–Crippen LogP) is 3.00. The highest BCUT2D eigenvalue weighted by Crippen LogP contribution is 2.39. The zero-order valence-corrected chi connectivity index (χ0v) is 15.8. The van der Waals surface area contributed by atoms with E-state index in [1.807, 2.05) is 24.3 Å². The Balaban J connectivity index is 1.51. The molecule has 0 radical (unpaired) electrons. The number of esters is 1. The molecule has 7 nitrogen and oxygen atoms in total. The van der Waals surface area contributed by atoms with Gasteiger partial charge >= 0.3 is 5.97 Å². The summed E-state index contributed by atoms with van der Waals surface area (Å²) in [6.07, 6.45) is 4.05. The fourth-order valence-corrected chi connectivity index (χ4v) is 3.14. The largest absolute Gasteiger partial charge is 0.465 e. The van der Waals surface area contributed by atoms with Crippen molar-refractivity contribution in [2.75, 3.05) is 12.4 Å². The minimum absolute atomic E-state index is 0.247. The number of rotatable bonds is 5. The molecule has 0 saturated heterocycles. The molecular weight excluding hydrogens is 368 g/mol. The summed E-state index contributed by atoms with van der Waals surface area (Å²) in [6, 6.07) is 14.4. The van der Waals surface area contributed by atoms with Crippen LogP contribution in [0.4, 0.5) is 5.69 Å². The number of nitrogens with two attached hydrogens (primary N) is 1. The monoisotopic (exact) mass is 388 g/mol. The number of hydrogen-bond donors (Lipinski definition) is 2. The van der Waals surface area contributed by atoms with Crippen molar-refractivity contribution in [1.29, 1.82) is 0 Å². The lowest BCUT2D eigenvalue weighted by Crippen LogP contribution is -2.12. The van der Waals surface area contributed by atoms with Crippen LogP contribution in [0.1, 0.15) is 38.6 Å². The number of hydrogen-bond acceptors (Lipinski definition) is 6. The van der Waals surface area contributed by atoms with Gasteiger partial charge in [-0.25, -0.2) is 4.79 Å². The lowest BCUT2D eigenvalue weighted by molar-refractivity contribution is 0.0600. The van der Waals surface area contributed by atoms with Crippen LogP contribution in [0.2, 0.25) is 0 Å². The number of aromatic nitrogens is 2. The smallest absolute Gasteiger partial charge is 0.337 e. The van der Waals surface area contributed by atoms with E-state index in [0.29, 0.717) is 34.1 Å². The third kappa shape index (κ3) is 4.14. The minimum atomic E-state index is -0.460. The molecule has 1 aliphatic carbocycles. The van der Waals surface area contributed by atoms with Gasteiger partial charge in [-0.15, -0.1) is 0 Å². The molecule has 146 valence electrons. The number of carbonyl (C=O) groups is 2. The molecule has 29 heavy (non-hydrogen) atoms. The predicted molar refractivity (Wildman–Crippen MR) is 109 cm³/mol. The van der Waals surface area contributed by atoms with Gasteiger partial charge in [0.25, 0.3) is 5.91 Å². The molecule has 0 aliphatic heterocycles. The Kier molecular flexibility index (Phi) is 5.05. The van der Waals surface area contributed by atoms with Crippen molar-refractivity contribution in [3.63, 3.8) is 0 Å². The van der Waals surface area contributed by atoms with Crippen molar-refractivity contribution in [1.82, 2.24) is 9.97 Å². The first-order chi connectivity index (χ1) is 14.0. The number of methoxy groups -OCH3 is 1. The lowest BCUT2D eigenvalue weighted by Gasteiger charge is -2.08. The van der Waals surface area contributed by atoms with Gasteiger partial charge in [-0.3, -0.25) is 14.8 Å². The maximum absolute atomic E-state index is 12.6. The molecule has 7 heteroatoms. The number of benzene rings is 1. The maximum atomic E-state index is 12.6. The number of ether oxygens (including phenoxy) is 1. The average molecular weight is 388 g/mol. The first-order valence-corrected chi connectivity index (χ1v) is 9.23. The van der Waals surface area contributed by atoms with E-state index in [4.69, 9.17) is 10.5 Å². The normalized spacial score (nSPS) is 17.4. The van der Waals surface area contributed by atoms with Gasteiger partial charge in [0.2, 0.25) is 0 Å². The molecule has 2 heterocycles. The summed E-state index contributed by atoms with van der Waals surface area (Å²) in [6.45, 7) is 0. The number of carbonyl (C=O) groups excluding carboxylic acids is 2. The van der Waals surface area contributed by atoms with E-state index in [0.717, 1.165) is 6.42 Å². The Morgan fingerprint density at radius 3 is 2.17 bits per heavy atom. The van der Waals surface area contributed by atoms with E-state index in [9.17, 15) is 9.59 Å². The number of pyridine rings is 2. The molecule has 1 saturated carbocycles. The van der Waals surface area contributed by atoms with Gasteiger partial charge in [-0.2, -0.15) is 0 Å². The Morgan fingerprint density at radius 2 is 1.59 bits per heavy atom. The highest BCUT2D eigenvalue weighted by atomic mass is 16.5. The Labute approximate surface area is 167 Å². The third-order valence-corrected chi connectivity index (χ3v) is 4.90. The van der Waals surface area contributed by atoms with Crippen LogP contribution in [0, 0.1) is 0 Å². The van der Waals surface area contributed by atoms with Crippen LogP contribution in [0.5, 0.6) is 0 Å². The molecule has 0 bridgehead atoms. The summed E-state index contributed by atoms with van der Waals surface area (Å²) in [7, 11) is 1.32. The number of nitrogens with zero attached hydrogens (tertiary/aromatic N) is 2. The molecule has 1 aliphatic rings.